The number of carbonyl (C=O) groups excluding carboxylic acids is 1. The highest BCUT2D eigenvalue weighted by Gasteiger charge is 2.17. The van der Waals surface area contributed by atoms with Gasteiger partial charge in [-0.2, -0.15) is 0 Å². The lowest BCUT2D eigenvalue weighted by atomic mass is 10.0. The number of hydrogen-bond donors (Lipinski definition) is 2. The molecule has 0 aliphatic carbocycles. The number of amides is 1. The van der Waals surface area contributed by atoms with Crippen molar-refractivity contribution in [1.82, 2.24) is 20.2 Å². The van der Waals surface area contributed by atoms with Gasteiger partial charge in [0.05, 0.1) is 11.7 Å². The first-order chi connectivity index (χ1) is 9.08. The highest BCUT2D eigenvalue weighted by molar-refractivity contribution is 5.95. The van der Waals surface area contributed by atoms with Crippen molar-refractivity contribution in [3.63, 3.8) is 0 Å². The second kappa shape index (κ2) is 5.57. The fourth-order valence-electron chi connectivity index (χ4n) is 1.53. The molecule has 0 fully saturated rings. The largest absolute Gasteiger partial charge is 0.325 e. The van der Waals surface area contributed by atoms with Gasteiger partial charge >= 0.3 is 0 Å². The van der Waals surface area contributed by atoms with E-state index in [-0.39, 0.29) is 11.8 Å². The average Bonchev–Trinajstić information content (AvgIpc) is 2.91. The van der Waals surface area contributed by atoms with Crippen LogP contribution in [0.5, 0.6) is 0 Å². The first-order valence-corrected chi connectivity index (χ1v) is 5.98. The summed E-state index contributed by atoms with van der Waals surface area (Å²) in [5.41, 5.74) is 7.22. The second-order valence-corrected chi connectivity index (χ2v) is 4.56. The molecule has 3 N–H and O–H groups in total. The first kappa shape index (κ1) is 13.2. The molecule has 1 aromatic carbocycles. The minimum atomic E-state index is -0.531. The van der Waals surface area contributed by atoms with E-state index in [0.717, 1.165) is 5.69 Å². The third-order valence-corrected chi connectivity index (χ3v) is 2.75. The Labute approximate surface area is 110 Å². The first-order valence-electron chi connectivity index (χ1n) is 5.98. The van der Waals surface area contributed by atoms with Gasteiger partial charge in [0, 0.05) is 5.69 Å². The summed E-state index contributed by atoms with van der Waals surface area (Å²) in [6.07, 6.45) is 1.49. The number of aromatic nitrogens is 4. The zero-order valence-electron chi connectivity index (χ0n) is 10.8. The lowest BCUT2D eigenvalue weighted by molar-refractivity contribution is -0.118. The molecule has 2 rings (SSSR count). The van der Waals surface area contributed by atoms with Crippen LogP contribution in [0.25, 0.3) is 5.69 Å². The summed E-state index contributed by atoms with van der Waals surface area (Å²) in [5, 5.41) is 13.7. The molecule has 7 nitrogen and oxygen atoms in total. The van der Waals surface area contributed by atoms with Crippen molar-refractivity contribution in [2.75, 3.05) is 5.32 Å². The van der Waals surface area contributed by atoms with Gasteiger partial charge in [0.25, 0.3) is 0 Å². The maximum Gasteiger partial charge on any atom is 0.241 e. The van der Waals surface area contributed by atoms with Crippen LogP contribution in [-0.2, 0) is 4.79 Å². The topological polar surface area (TPSA) is 98.7 Å². The zero-order chi connectivity index (χ0) is 13.8. The average molecular weight is 260 g/mol. The Bertz CT molecular complexity index is 551. The Morgan fingerprint density at radius 2 is 2.21 bits per heavy atom. The van der Waals surface area contributed by atoms with Gasteiger partial charge < -0.3 is 11.1 Å². The SMILES string of the molecule is CC(C)C(N)C(=O)Nc1cccc(-n2cnnn2)c1. The van der Waals surface area contributed by atoms with Crippen LogP contribution in [0.2, 0.25) is 0 Å². The fraction of sp³-hybridized carbons (Fsp3) is 0.333. The number of nitrogens with zero attached hydrogens (tertiary/aromatic N) is 4. The van der Waals surface area contributed by atoms with E-state index < -0.39 is 6.04 Å². The number of nitrogens with two attached hydrogens (primary N) is 1. The number of rotatable bonds is 4. The summed E-state index contributed by atoms with van der Waals surface area (Å²) in [7, 11) is 0. The lowest BCUT2D eigenvalue weighted by Gasteiger charge is -2.15. The number of anilines is 1. The second-order valence-electron chi connectivity index (χ2n) is 4.56. The fourth-order valence-corrected chi connectivity index (χ4v) is 1.53. The molecule has 19 heavy (non-hydrogen) atoms. The molecule has 1 unspecified atom stereocenters. The number of benzene rings is 1. The third kappa shape index (κ3) is 3.14. The predicted molar refractivity (Wildman–Crippen MR) is 70.6 cm³/mol. The Kier molecular flexibility index (Phi) is 3.86. The smallest absolute Gasteiger partial charge is 0.241 e. The predicted octanol–water partition coefficient (Wildman–Crippen LogP) is 0.584. The molecule has 0 aliphatic heterocycles. The van der Waals surface area contributed by atoms with Crippen LogP contribution in [-0.4, -0.2) is 32.2 Å². The molecular formula is C12H16N6O. The molecular weight excluding hydrogens is 244 g/mol. The quantitative estimate of drug-likeness (QED) is 0.838. The minimum Gasteiger partial charge on any atom is -0.325 e. The van der Waals surface area contributed by atoms with Crippen LogP contribution in [0.15, 0.2) is 30.6 Å². The minimum absolute atomic E-state index is 0.0858. The van der Waals surface area contributed by atoms with Crippen LogP contribution in [0, 0.1) is 5.92 Å². The molecule has 0 bridgehead atoms. The summed E-state index contributed by atoms with van der Waals surface area (Å²) in [6, 6.07) is 6.69. The van der Waals surface area contributed by atoms with E-state index in [1.807, 2.05) is 26.0 Å². The van der Waals surface area contributed by atoms with Gasteiger partial charge in [-0.15, -0.1) is 5.10 Å². The van der Waals surface area contributed by atoms with Gasteiger partial charge in [-0.1, -0.05) is 19.9 Å². The van der Waals surface area contributed by atoms with Gasteiger partial charge in [0.15, 0.2) is 0 Å². The van der Waals surface area contributed by atoms with E-state index >= 15 is 0 Å². The molecule has 0 aliphatic rings. The molecule has 0 saturated carbocycles. The lowest BCUT2D eigenvalue weighted by Crippen LogP contribution is -2.39. The molecule has 0 saturated heterocycles. The Balaban J connectivity index is 2.14. The van der Waals surface area contributed by atoms with Gasteiger partial charge in [0.1, 0.15) is 6.33 Å². The maximum absolute atomic E-state index is 11.9. The molecule has 0 radical (unpaired) electrons. The number of hydrogen-bond acceptors (Lipinski definition) is 5. The highest BCUT2D eigenvalue weighted by atomic mass is 16.2. The van der Waals surface area contributed by atoms with Crippen molar-refractivity contribution >= 4 is 11.6 Å². The molecule has 0 spiro atoms. The van der Waals surface area contributed by atoms with Gasteiger partial charge in [-0.05, 0) is 34.5 Å². The van der Waals surface area contributed by atoms with Crippen LogP contribution >= 0.6 is 0 Å². The van der Waals surface area contributed by atoms with Crippen molar-refractivity contribution in [3.05, 3.63) is 30.6 Å². The van der Waals surface area contributed by atoms with E-state index in [9.17, 15) is 4.79 Å². The summed E-state index contributed by atoms with van der Waals surface area (Å²) in [6.45, 7) is 3.81. The van der Waals surface area contributed by atoms with Crippen molar-refractivity contribution in [3.8, 4) is 5.69 Å². The molecule has 100 valence electrons. The normalized spacial score (nSPS) is 12.4. The summed E-state index contributed by atoms with van der Waals surface area (Å²) in [4.78, 5) is 11.9. The van der Waals surface area contributed by atoms with Crippen LogP contribution in [0.4, 0.5) is 5.69 Å². The summed E-state index contributed by atoms with van der Waals surface area (Å²) < 4.78 is 1.51. The standard InChI is InChI=1S/C12H16N6O/c1-8(2)11(13)12(19)15-9-4-3-5-10(6-9)18-7-14-16-17-18/h3-8,11H,13H2,1-2H3,(H,15,19). The maximum atomic E-state index is 11.9. The molecule has 1 atom stereocenters. The van der Waals surface area contributed by atoms with Gasteiger partial charge in [-0.3, -0.25) is 4.79 Å². The monoisotopic (exact) mass is 260 g/mol. The Hall–Kier alpha value is -2.28. The van der Waals surface area contributed by atoms with E-state index in [0.29, 0.717) is 5.69 Å². The number of tetrazole rings is 1. The van der Waals surface area contributed by atoms with E-state index in [2.05, 4.69) is 20.8 Å². The van der Waals surface area contributed by atoms with Crippen LogP contribution in [0.3, 0.4) is 0 Å². The Morgan fingerprint density at radius 3 is 2.84 bits per heavy atom. The van der Waals surface area contributed by atoms with Crippen molar-refractivity contribution in [2.45, 2.75) is 19.9 Å². The highest BCUT2D eigenvalue weighted by Crippen LogP contribution is 2.14. The van der Waals surface area contributed by atoms with Gasteiger partial charge in [-0.25, -0.2) is 4.68 Å². The number of nitrogens with one attached hydrogen (secondary N) is 1. The molecule has 1 amide bonds. The van der Waals surface area contributed by atoms with E-state index in [1.54, 1.807) is 12.1 Å². The van der Waals surface area contributed by atoms with Crippen molar-refractivity contribution in [2.24, 2.45) is 11.7 Å². The molecule has 1 aromatic heterocycles. The molecule has 2 aromatic rings. The van der Waals surface area contributed by atoms with Crippen LogP contribution in [0.1, 0.15) is 13.8 Å². The Morgan fingerprint density at radius 1 is 1.42 bits per heavy atom. The summed E-state index contributed by atoms with van der Waals surface area (Å²) >= 11 is 0. The summed E-state index contributed by atoms with van der Waals surface area (Å²) in [5.74, 6) is -0.119. The van der Waals surface area contributed by atoms with E-state index in [1.165, 1.54) is 11.0 Å². The molecule has 7 heteroatoms. The van der Waals surface area contributed by atoms with Gasteiger partial charge in [0.2, 0.25) is 5.91 Å². The zero-order valence-corrected chi connectivity index (χ0v) is 10.8. The number of carbonyl (C=O) groups is 1. The van der Waals surface area contributed by atoms with Crippen LogP contribution < -0.4 is 11.1 Å². The van der Waals surface area contributed by atoms with Crippen molar-refractivity contribution in [1.29, 1.82) is 0 Å². The molecule has 1 heterocycles. The van der Waals surface area contributed by atoms with E-state index in [4.69, 9.17) is 5.73 Å². The van der Waals surface area contributed by atoms with Crippen molar-refractivity contribution < 1.29 is 4.79 Å². The third-order valence-electron chi connectivity index (χ3n) is 2.75.